The molecule has 2 atom stereocenters. The predicted octanol–water partition coefficient (Wildman–Crippen LogP) is 2.23. The third kappa shape index (κ3) is 8.83. The molecule has 0 spiro atoms. The molecule has 0 aliphatic rings. The fraction of sp³-hybridized carbons (Fsp3) is 0.875. The van der Waals surface area contributed by atoms with Gasteiger partial charge in [0.2, 0.25) is 0 Å². The molecule has 21 heavy (non-hydrogen) atoms. The Bertz CT molecular complexity index is 290. The van der Waals surface area contributed by atoms with Crippen molar-refractivity contribution in [3.05, 3.63) is 0 Å². The minimum Gasteiger partial charge on any atom is -0.468 e. The van der Waals surface area contributed by atoms with E-state index in [1.54, 1.807) is 0 Å². The van der Waals surface area contributed by atoms with Crippen molar-refractivity contribution < 1.29 is 24.5 Å². The van der Waals surface area contributed by atoms with Crippen LogP contribution in [-0.2, 0) is 14.3 Å². The lowest BCUT2D eigenvalue weighted by molar-refractivity contribution is -0.153. The van der Waals surface area contributed by atoms with Crippen LogP contribution in [0, 0.1) is 5.92 Å². The molecule has 5 nitrogen and oxygen atoms in total. The van der Waals surface area contributed by atoms with Gasteiger partial charge >= 0.3 is 5.97 Å². The summed E-state index contributed by atoms with van der Waals surface area (Å²) in [6, 6.07) is 0. The van der Waals surface area contributed by atoms with Gasteiger partial charge in [-0.2, -0.15) is 0 Å². The molecule has 0 aromatic rings. The van der Waals surface area contributed by atoms with Crippen LogP contribution in [0.15, 0.2) is 0 Å². The molecule has 124 valence electrons. The molecule has 0 radical (unpaired) electrons. The maximum atomic E-state index is 11.8. The number of rotatable bonds is 13. The fourth-order valence-electron chi connectivity index (χ4n) is 2.32. The van der Waals surface area contributed by atoms with Gasteiger partial charge in [-0.25, -0.2) is 0 Å². The van der Waals surface area contributed by atoms with E-state index in [1.165, 1.54) is 39.2 Å². The lowest BCUT2D eigenvalue weighted by Crippen LogP contribution is -2.36. The molecule has 2 N–H and O–H groups in total. The Hall–Kier alpha value is -0.940. The van der Waals surface area contributed by atoms with E-state index in [1.807, 2.05) is 0 Å². The van der Waals surface area contributed by atoms with Gasteiger partial charge in [-0.1, -0.05) is 58.3 Å². The van der Waals surface area contributed by atoms with Gasteiger partial charge in [0.05, 0.1) is 13.7 Å². The van der Waals surface area contributed by atoms with Crippen molar-refractivity contribution in [2.24, 2.45) is 5.92 Å². The van der Waals surface area contributed by atoms with Gasteiger partial charge in [-0.3, -0.25) is 9.59 Å². The van der Waals surface area contributed by atoms with Gasteiger partial charge in [0.1, 0.15) is 12.0 Å². The zero-order chi connectivity index (χ0) is 16.1. The topological polar surface area (TPSA) is 83.8 Å². The lowest BCUT2D eigenvalue weighted by Gasteiger charge is -2.16. The number of aliphatic hydroxyl groups excluding tert-OH is 2. The van der Waals surface area contributed by atoms with Crippen molar-refractivity contribution in [3.63, 3.8) is 0 Å². The summed E-state index contributed by atoms with van der Waals surface area (Å²) in [5.74, 6) is -2.24. The van der Waals surface area contributed by atoms with E-state index in [4.69, 9.17) is 5.11 Å². The Morgan fingerprint density at radius 3 is 2.00 bits per heavy atom. The quantitative estimate of drug-likeness (QED) is 0.310. The molecular weight excluding hydrogens is 272 g/mol. The maximum Gasteiger partial charge on any atom is 0.316 e. The van der Waals surface area contributed by atoms with Gasteiger partial charge in [0, 0.05) is 0 Å². The number of unbranched alkanes of at least 4 members (excludes halogenated alkanes) is 7. The van der Waals surface area contributed by atoms with Crippen LogP contribution in [-0.4, -0.2) is 41.8 Å². The minimum absolute atomic E-state index is 0.373. The number of carbonyl (C=O) groups excluding carboxylic acids is 2. The van der Waals surface area contributed by atoms with Gasteiger partial charge in [0.25, 0.3) is 0 Å². The van der Waals surface area contributed by atoms with Crippen molar-refractivity contribution >= 4 is 11.8 Å². The number of ketones is 1. The lowest BCUT2D eigenvalue weighted by atomic mass is 9.93. The van der Waals surface area contributed by atoms with Crippen LogP contribution in [0.2, 0.25) is 0 Å². The fourth-order valence-corrected chi connectivity index (χ4v) is 2.32. The summed E-state index contributed by atoms with van der Waals surface area (Å²) in [5, 5.41) is 18.2. The number of aliphatic hydroxyl groups is 2. The smallest absolute Gasteiger partial charge is 0.316 e. The van der Waals surface area contributed by atoms with E-state index >= 15 is 0 Å². The van der Waals surface area contributed by atoms with E-state index in [2.05, 4.69) is 11.7 Å². The highest BCUT2D eigenvalue weighted by molar-refractivity contribution is 6.01. The third-order valence-corrected chi connectivity index (χ3v) is 3.68. The van der Waals surface area contributed by atoms with Crippen molar-refractivity contribution in [1.82, 2.24) is 0 Å². The highest BCUT2D eigenvalue weighted by Gasteiger charge is 2.31. The molecule has 0 bridgehead atoms. The summed E-state index contributed by atoms with van der Waals surface area (Å²) in [6.07, 6.45) is 7.86. The summed E-state index contributed by atoms with van der Waals surface area (Å²) in [4.78, 5) is 23.4. The summed E-state index contributed by atoms with van der Waals surface area (Å²) in [7, 11) is 1.22. The first-order valence-corrected chi connectivity index (χ1v) is 7.98. The molecule has 0 saturated heterocycles. The van der Waals surface area contributed by atoms with Crippen LogP contribution in [0.25, 0.3) is 0 Å². The first-order chi connectivity index (χ1) is 10.1. The first-order valence-electron chi connectivity index (χ1n) is 7.98. The Balaban J connectivity index is 3.98. The number of hydrogen-bond donors (Lipinski definition) is 2. The molecule has 0 amide bonds. The Kier molecular flexibility index (Phi) is 12.2. The second kappa shape index (κ2) is 12.8. The van der Waals surface area contributed by atoms with E-state index in [0.29, 0.717) is 6.42 Å². The number of esters is 1. The molecule has 0 rings (SSSR count). The maximum absolute atomic E-state index is 11.8. The zero-order valence-electron chi connectivity index (χ0n) is 13.3. The van der Waals surface area contributed by atoms with Crippen LogP contribution in [0.4, 0.5) is 0 Å². The second-order valence-corrected chi connectivity index (χ2v) is 5.44. The van der Waals surface area contributed by atoms with Crippen molar-refractivity contribution in [2.75, 3.05) is 13.7 Å². The highest BCUT2D eigenvalue weighted by Crippen LogP contribution is 2.16. The van der Waals surface area contributed by atoms with E-state index in [9.17, 15) is 14.7 Å². The van der Waals surface area contributed by atoms with E-state index in [-0.39, 0.29) is 0 Å². The Morgan fingerprint density at radius 2 is 1.52 bits per heavy atom. The average molecular weight is 302 g/mol. The van der Waals surface area contributed by atoms with Gasteiger partial charge < -0.3 is 14.9 Å². The first kappa shape index (κ1) is 20.1. The van der Waals surface area contributed by atoms with Crippen LogP contribution in [0.3, 0.4) is 0 Å². The Morgan fingerprint density at radius 1 is 1.00 bits per heavy atom. The van der Waals surface area contributed by atoms with Crippen molar-refractivity contribution in [3.8, 4) is 0 Å². The SMILES string of the molecule is CCCCCCCCCCC(C(=O)OC)C(=O)C(O)CO. The number of carbonyl (C=O) groups is 2. The van der Waals surface area contributed by atoms with Crippen LogP contribution < -0.4 is 0 Å². The van der Waals surface area contributed by atoms with Crippen LogP contribution >= 0.6 is 0 Å². The molecule has 0 aliphatic heterocycles. The standard InChI is InChI=1S/C16H30O5/c1-3-4-5-6-7-8-9-10-11-13(16(20)21-2)15(19)14(18)12-17/h13-14,17-18H,3-12H2,1-2H3. The molecule has 0 fully saturated rings. The van der Waals surface area contributed by atoms with E-state index < -0.39 is 30.4 Å². The number of Topliss-reactive ketones (excluding diaryl/α,β-unsaturated/α-hetero) is 1. The number of hydrogen-bond acceptors (Lipinski definition) is 5. The summed E-state index contributed by atoms with van der Waals surface area (Å²) in [6.45, 7) is 1.52. The molecular formula is C16H30O5. The molecule has 5 heteroatoms. The monoisotopic (exact) mass is 302 g/mol. The molecule has 0 aromatic heterocycles. The largest absolute Gasteiger partial charge is 0.468 e. The molecule has 0 heterocycles. The predicted molar refractivity (Wildman–Crippen MR) is 80.8 cm³/mol. The van der Waals surface area contributed by atoms with Gasteiger partial charge in [0.15, 0.2) is 5.78 Å². The summed E-state index contributed by atoms with van der Waals surface area (Å²) in [5.41, 5.74) is 0. The Labute approximate surface area is 127 Å². The van der Waals surface area contributed by atoms with Gasteiger partial charge in [-0.15, -0.1) is 0 Å². The van der Waals surface area contributed by atoms with Gasteiger partial charge in [-0.05, 0) is 6.42 Å². The normalized spacial score (nSPS) is 13.7. The zero-order valence-corrected chi connectivity index (χ0v) is 13.3. The minimum atomic E-state index is -1.50. The summed E-state index contributed by atoms with van der Waals surface area (Å²) < 4.78 is 4.60. The number of ether oxygens (including phenoxy) is 1. The number of methoxy groups -OCH3 is 1. The molecule has 0 aliphatic carbocycles. The van der Waals surface area contributed by atoms with E-state index in [0.717, 1.165) is 19.3 Å². The molecule has 2 unspecified atom stereocenters. The van der Waals surface area contributed by atoms with Crippen molar-refractivity contribution in [2.45, 2.75) is 70.8 Å². The van der Waals surface area contributed by atoms with Crippen molar-refractivity contribution in [1.29, 1.82) is 0 Å². The average Bonchev–Trinajstić information content (AvgIpc) is 2.51. The molecule has 0 saturated carbocycles. The van der Waals surface area contributed by atoms with Crippen LogP contribution in [0.1, 0.15) is 64.7 Å². The highest BCUT2D eigenvalue weighted by atomic mass is 16.5. The molecule has 0 aromatic carbocycles. The van der Waals surface area contributed by atoms with Crippen LogP contribution in [0.5, 0.6) is 0 Å². The summed E-state index contributed by atoms with van der Waals surface area (Å²) >= 11 is 0. The third-order valence-electron chi connectivity index (χ3n) is 3.68. The second-order valence-electron chi connectivity index (χ2n) is 5.44.